The predicted molar refractivity (Wildman–Crippen MR) is 98.2 cm³/mol. The minimum absolute atomic E-state index is 0.0480. The molecule has 0 fully saturated rings. The second kappa shape index (κ2) is 7.23. The minimum atomic E-state index is -0.732. The first-order valence-corrected chi connectivity index (χ1v) is 8.67. The van der Waals surface area contributed by atoms with Crippen molar-refractivity contribution in [2.75, 3.05) is 16.8 Å². The fraction of sp³-hybridized carbons (Fsp3) is 0.222. The van der Waals surface area contributed by atoms with E-state index in [1.807, 2.05) is 24.3 Å². The smallest absolute Gasteiger partial charge is 0.319 e. The lowest BCUT2D eigenvalue weighted by atomic mass is 10.2. The van der Waals surface area contributed by atoms with Crippen molar-refractivity contribution in [3.63, 3.8) is 0 Å². The Labute approximate surface area is 153 Å². The number of carbonyl (C=O) groups is 2. The molecule has 1 aliphatic heterocycles. The van der Waals surface area contributed by atoms with Crippen LogP contribution in [0.2, 0.25) is 0 Å². The van der Waals surface area contributed by atoms with Gasteiger partial charge in [0.05, 0.1) is 5.69 Å². The Morgan fingerprint density at radius 1 is 1.24 bits per heavy atom. The highest BCUT2D eigenvalue weighted by molar-refractivity contribution is 9.10. The number of fused-ring (bicyclic) bond motifs is 1. The monoisotopic (exact) mass is 405 g/mol. The van der Waals surface area contributed by atoms with Gasteiger partial charge in [0.25, 0.3) is 0 Å². The highest BCUT2D eigenvalue weighted by Crippen LogP contribution is 2.27. The van der Waals surface area contributed by atoms with Crippen LogP contribution in [0, 0.1) is 5.82 Å². The number of nitrogens with zero attached hydrogens (tertiary/aromatic N) is 1. The fourth-order valence-corrected chi connectivity index (χ4v) is 3.14. The molecule has 3 amide bonds. The van der Waals surface area contributed by atoms with Crippen molar-refractivity contribution in [1.29, 1.82) is 0 Å². The average Bonchev–Trinajstić information content (AvgIpc) is 3.00. The summed E-state index contributed by atoms with van der Waals surface area (Å²) in [5, 5.41) is 4.97. The Balaban J connectivity index is 1.63. The molecule has 0 saturated carbocycles. The molecule has 2 aromatic carbocycles. The van der Waals surface area contributed by atoms with Gasteiger partial charge >= 0.3 is 6.03 Å². The third-order valence-electron chi connectivity index (χ3n) is 4.05. The van der Waals surface area contributed by atoms with Gasteiger partial charge in [0.15, 0.2) is 0 Å². The van der Waals surface area contributed by atoms with Gasteiger partial charge in [-0.15, -0.1) is 0 Å². The number of benzene rings is 2. The van der Waals surface area contributed by atoms with Crippen LogP contribution in [0.1, 0.15) is 12.5 Å². The Hall–Kier alpha value is -2.41. The fourth-order valence-electron chi connectivity index (χ4n) is 2.81. The van der Waals surface area contributed by atoms with Gasteiger partial charge < -0.3 is 15.5 Å². The topological polar surface area (TPSA) is 61.4 Å². The molecule has 2 N–H and O–H groups in total. The van der Waals surface area contributed by atoms with E-state index in [-0.39, 0.29) is 11.6 Å². The zero-order valence-electron chi connectivity index (χ0n) is 13.6. The van der Waals surface area contributed by atoms with Gasteiger partial charge in [0.2, 0.25) is 5.91 Å². The molecule has 2 aromatic rings. The number of rotatable bonds is 3. The summed E-state index contributed by atoms with van der Waals surface area (Å²) in [6.45, 7) is 2.20. The molecular weight excluding hydrogens is 389 g/mol. The zero-order chi connectivity index (χ0) is 18.0. The van der Waals surface area contributed by atoms with Crippen molar-refractivity contribution in [3.05, 3.63) is 58.3 Å². The van der Waals surface area contributed by atoms with Crippen LogP contribution in [0.5, 0.6) is 0 Å². The van der Waals surface area contributed by atoms with E-state index >= 15 is 0 Å². The van der Waals surface area contributed by atoms with Crippen molar-refractivity contribution in [2.45, 2.75) is 19.4 Å². The molecule has 1 heterocycles. The molecule has 0 aromatic heterocycles. The molecule has 0 aliphatic carbocycles. The maximum absolute atomic E-state index is 13.8. The number of hydrogen-bond donors (Lipinski definition) is 2. The minimum Gasteiger partial charge on any atom is -0.326 e. The van der Waals surface area contributed by atoms with Crippen LogP contribution in [-0.4, -0.2) is 24.5 Å². The first-order chi connectivity index (χ1) is 12.0. The molecule has 0 bridgehead atoms. The van der Waals surface area contributed by atoms with Crippen molar-refractivity contribution in [2.24, 2.45) is 0 Å². The number of hydrogen-bond acceptors (Lipinski definition) is 2. The molecule has 1 unspecified atom stereocenters. The van der Waals surface area contributed by atoms with Crippen LogP contribution >= 0.6 is 15.9 Å². The van der Waals surface area contributed by atoms with E-state index in [1.54, 1.807) is 17.9 Å². The molecule has 5 nitrogen and oxygen atoms in total. The molecule has 3 rings (SSSR count). The molecule has 0 saturated heterocycles. The number of carbonyl (C=O) groups excluding carboxylic acids is 2. The quantitative estimate of drug-likeness (QED) is 0.817. The van der Waals surface area contributed by atoms with E-state index in [0.29, 0.717) is 11.0 Å². The van der Waals surface area contributed by atoms with Crippen molar-refractivity contribution in [3.8, 4) is 0 Å². The average molecular weight is 406 g/mol. The van der Waals surface area contributed by atoms with Crippen LogP contribution in [0.3, 0.4) is 0 Å². The first kappa shape index (κ1) is 17.4. The molecule has 1 aliphatic rings. The Morgan fingerprint density at radius 3 is 2.76 bits per heavy atom. The molecule has 7 heteroatoms. The molecular formula is C18H17BrFN3O2. The van der Waals surface area contributed by atoms with Gasteiger partial charge in [-0.05, 0) is 43.2 Å². The van der Waals surface area contributed by atoms with Crippen LogP contribution in [0.4, 0.5) is 20.6 Å². The summed E-state index contributed by atoms with van der Waals surface area (Å²) >= 11 is 3.15. The number of para-hydroxylation sites is 1. The second-order valence-corrected chi connectivity index (χ2v) is 6.73. The summed E-state index contributed by atoms with van der Waals surface area (Å²) in [5.74, 6) is -0.756. The van der Waals surface area contributed by atoms with E-state index < -0.39 is 17.9 Å². The van der Waals surface area contributed by atoms with Crippen molar-refractivity contribution >= 4 is 39.2 Å². The van der Waals surface area contributed by atoms with Gasteiger partial charge in [-0.25, -0.2) is 9.18 Å². The van der Waals surface area contributed by atoms with Crippen LogP contribution < -0.4 is 15.5 Å². The summed E-state index contributed by atoms with van der Waals surface area (Å²) in [6, 6.07) is 10.7. The molecule has 0 radical (unpaired) electrons. The molecule has 1 atom stereocenters. The van der Waals surface area contributed by atoms with Gasteiger partial charge in [0, 0.05) is 16.7 Å². The van der Waals surface area contributed by atoms with E-state index in [0.717, 1.165) is 17.7 Å². The largest absolute Gasteiger partial charge is 0.326 e. The summed E-state index contributed by atoms with van der Waals surface area (Å²) < 4.78 is 14.3. The predicted octanol–water partition coefficient (Wildman–Crippen LogP) is 3.69. The molecule has 0 spiro atoms. The third kappa shape index (κ3) is 3.82. The SMILES string of the molecule is CC(NC(=O)Nc1ccc(Br)cc1F)C(=O)N1CCc2ccccc21. The van der Waals surface area contributed by atoms with Gasteiger partial charge in [0.1, 0.15) is 11.9 Å². The lowest BCUT2D eigenvalue weighted by Crippen LogP contribution is -2.47. The van der Waals surface area contributed by atoms with E-state index in [2.05, 4.69) is 26.6 Å². The first-order valence-electron chi connectivity index (χ1n) is 7.87. The van der Waals surface area contributed by atoms with Gasteiger partial charge in [-0.2, -0.15) is 0 Å². The Morgan fingerprint density at radius 2 is 2.00 bits per heavy atom. The summed E-state index contributed by atoms with van der Waals surface area (Å²) in [5.41, 5.74) is 2.04. The number of anilines is 2. The molecule has 25 heavy (non-hydrogen) atoms. The Kier molecular flexibility index (Phi) is 5.03. The van der Waals surface area contributed by atoms with Gasteiger partial charge in [-0.3, -0.25) is 4.79 Å². The lowest BCUT2D eigenvalue weighted by Gasteiger charge is -2.22. The highest BCUT2D eigenvalue weighted by Gasteiger charge is 2.28. The number of urea groups is 1. The van der Waals surface area contributed by atoms with E-state index in [1.165, 1.54) is 12.1 Å². The lowest BCUT2D eigenvalue weighted by molar-refractivity contribution is -0.119. The van der Waals surface area contributed by atoms with Crippen LogP contribution in [0.25, 0.3) is 0 Å². The number of amides is 3. The van der Waals surface area contributed by atoms with Crippen LogP contribution in [0.15, 0.2) is 46.9 Å². The normalized spacial score (nSPS) is 14.0. The molecule has 130 valence electrons. The summed E-state index contributed by atoms with van der Waals surface area (Å²) in [6.07, 6.45) is 0.797. The summed E-state index contributed by atoms with van der Waals surface area (Å²) in [7, 11) is 0. The number of halogens is 2. The second-order valence-electron chi connectivity index (χ2n) is 5.81. The number of nitrogens with one attached hydrogen (secondary N) is 2. The standard InChI is InChI=1S/C18H17BrFN3O2/c1-11(17(24)23-9-8-12-4-2-3-5-16(12)23)21-18(25)22-15-7-6-13(19)10-14(15)20/h2-7,10-11H,8-9H2,1H3,(H2,21,22,25). The summed E-state index contributed by atoms with van der Waals surface area (Å²) in [4.78, 5) is 26.3. The van der Waals surface area contributed by atoms with Crippen molar-refractivity contribution in [1.82, 2.24) is 5.32 Å². The maximum Gasteiger partial charge on any atom is 0.319 e. The maximum atomic E-state index is 13.8. The highest BCUT2D eigenvalue weighted by atomic mass is 79.9. The van der Waals surface area contributed by atoms with E-state index in [4.69, 9.17) is 0 Å². The van der Waals surface area contributed by atoms with Crippen molar-refractivity contribution < 1.29 is 14.0 Å². The zero-order valence-corrected chi connectivity index (χ0v) is 15.1. The van der Waals surface area contributed by atoms with E-state index in [9.17, 15) is 14.0 Å². The van der Waals surface area contributed by atoms with Gasteiger partial charge in [-0.1, -0.05) is 34.1 Å². The van der Waals surface area contributed by atoms with Crippen LogP contribution in [-0.2, 0) is 11.2 Å². The Bertz CT molecular complexity index is 828. The third-order valence-corrected chi connectivity index (χ3v) is 4.54.